The molecule has 1 heterocycles. The quantitative estimate of drug-likeness (QED) is 0.885. The highest BCUT2D eigenvalue weighted by atomic mass is 19.1. The van der Waals surface area contributed by atoms with E-state index < -0.39 is 0 Å². The molecule has 88 valence electrons. The topological polar surface area (TPSA) is 48.1 Å². The minimum Gasteiger partial charge on any atom is -0.455 e. The predicted molar refractivity (Wildman–Crippen MR) is 63.3 cm³/mol. The van der Waals surface area contributed by atoms with Crippen molar-refractivity contribution in [3.63, 3.8) is 0 Å². The summed E-state index contributed by atoms with van der Waals surface area (Å²) in [4.78, 5) is 4.10. The van der Waals surface area contributed by atoms with E-state index in [1.54, 1.807) is 24.4 Å². The van der Waals surface area contributed by atoms with Gasteiger partial charge in [0.1, 0.15) is 17.3 Å². The van der Waals surface area contributed by atoms with Gasteiger partial charge in [-0.25, -0.2) is 4.39 Å². The number of nitrogens with zero attached hydrogens (tertiary/aromatic N) is 1. The van der Waals surface area contributed by atoms with Gasteiger partial charge < -0.3 is 10.5 Å². The van der Waals surface area contributed by atoms with Crippen LogP contribution in [0.25, 0.3) is 0 Å². The fraction of sp³-hybridized carbons (Fsp3) is 0.154. The Labute approximate surface area is 99.1 Å². The molecule has 0 amide bonds. The van der Waals surface area contributed by atoms with Crippen molar-refractivity contribution < 1.29 is 9.13 Å². The average molecular weight is 232 g/mol. The summed E-state index contributed by atoms with van der Waals surface area (Å²) in [6.07, 6.45) is 1.60. The number of nitrogens with two attached hydrogens (primary N) is 1. The van der Waals surface area contributed by atoms with Crippen molar-refractivity contribution in [2.24, 2.45) is 5.73 Å². The van der Waals surface area contributed by atoms with Crippen molar-refractivity contribution in [1.82, 2.24) is 4.98 Å². The first kappa shape index (κ1) is 11.5. The summed E-state index contributed by atoms with van der Waals surface area (Å²) in [5.41, 5.74) is 6.76. The maximum Gasteiger partial charge on any atom is 0.145 e. The van der Waals surface area contributed by atoms with Gasteiger partial charge >= 0.3 is 0 Å². The largest absolute Gasteiger partial charge is 0.455 e. The number of rotatable bonds is 3. The van der Waals surface area contributed by atoms with Crippen molar-refractivity contribution in [3.8, 4) is 11.5 Å². The number of ether oxygens (including phenoxy) is 1. The second-order valence-corrected chi connectivity index (χ2v) is 3.66. The van der Waals surface area contributed by atoms with Gasteiger partial charge in [-0.15, -0.1) is 0 Å². The SMILES string of the molecule is Cc1ccc(Oc2cccc(F)c2CN)cn1. The van der Waals surface area contributed by atoms with Crippen LogP contribution in [0.4, 0.5) is 4.39 Å². The van der Waals surface area contributed by atoms with E-state index >= 15 is 0 Å². The fourth-order valence-corrected chi connectivity index (χ4v) is 1.47. The molecular formula is C13H13FN2O. The molecule has 0 radical (unpaired) electrons. The molecule has 0 fully saturated rings. The summed E-state index contributed by atoms with van der Waals surface area (Å²) in [6.45, 7) is 1.98. The van der Waals surface area contributed by atoms with Crippen LogP contribution in [0.2, 0.25) is 0 Å². The molecular weight excluding hydrogens is 219 g/mol. The number of hydrogen-bond donors (Lipinski definition) is 1. The molecule has 0 aliphatic carbocycles. The molecule has 0 saturated carbocycles. The zero-order valence-corrected chi connectivity index (χ0v) is 9.48. The lowest BCUT2D eigenvalue weighted by atomic mass is 10.2. The Morgan fingerprint density at radius 1 is 1.29 bits per heavy atom. The molecule has 17 heavy (non-hydrogen) atoms. The number of aromatic nitrogens is 1. The number of benzene rings is 1. The van der Waals surface area contributed by atoms with Gasteiger partial charge in [-0.2, -0.15) is 0 Å². The molecule has 1 aromatic carbocycles. The van der Waals surface area contributed by atoms with E-state index in [1.165, 1.54) is 6.07 Å². The minimum atomic E-state index is -0.356. The van der Waals surface area contributed by atoms with Crippen LogP contribution in [-0.2, 0) is 6.54 Å². The van der Waals surface area contributed by atoms with Crippen LogP contribution in [0.5, 0.6) is 11.5 Å². The Hall–Kier alpha value is -1.94. The van der Waals surface area contributed by atoms with Gasteiger partial charge in [-0.3, -0.25) is 4.98 Å². The molecule has 0 spiro atoms. The molecule has 2 N–H and O–H groups in total. The van der Waals surface area contributed by atoms with Gasteiger partial charge in [0.05, 0.1) is 6.20 Å². The summed E-state index contributed by atoms with van der Waals surface area (Å²) in [7, 11) is 0. The standard InChI is InChI=1S/C13H13FN2O/c1-9-5-6-10(8-16-9)17-13-4-2-3-12(14)11(13)7-15/h2-6,8H,7,15H2,1H3. The summed E-state index contributed by atoms with van der Waals surface area (Å²) in [6, 6.07) is 8.25. The number of halogens is 1. The first-order valence-electron chi connectivity index (χ1n) is 5.28. The van der Waals surface area contributed by atoms with Gasteiger partial charge in [-0.05, 0) is 31.2 Å². The zero-order chi connectivity index (χ0) is 12.3. The molecule has 4 heteroatoms. The Kier molecular flexibility index (Phi) is 3.35. The van der Waals surface area contributed by atoms with Gasteiger partial charge in [0.2, 0.25) is 0 Å². The summed E-state index contributed by atoms with van der Waals surface area (Å²) in [5, 5.41) is 0. The third-order valence-corrected chi connectivity index (χ3v) is 2.39. The van der Waals surface area contributed by atoms with Gasteiger partial charge in [-0.1, -0.05) is 6.07 Å². The van der Waals surface area contributed by atoms with E-state index in [2.05, 4.69) is 4.98 Å². The highest BCUT2D eigenvalue weighted by molar-refractivity contribution is 5.38. The molecule has 1 aromatic heterocycles. The van der Waals surface area contributed by atoms with Crippen LogP contribution in [0.1, 0.15) is 11.3 Å². The van der Waals surface area contributed by atoms with Crippen LogP contribution in [0.15, 0.2) is 36.5 Å². The Morgan fingerprint density at radius 3 is 2.76 bits per heavy atom. The first-order valence-corrected chi connectivity index (χ1v) is 5.28. The zero-order valence-electron chi connectivity index (χ0n) is 9.48. The van der Waals surface area contributed by atoms with Crippen molar-refractivity contribution in [2.45, 2.75) is 13.5 Å². The molecule has 0 aliphatic heterocycles. The van der Waals surface area contributed by atoms with Crippen LogP contribution in [0.3, 0.4) is 0 Å². The van der Waals surface area contributed by atoms with Crippen molar-refractivity contribution >= 4 is 0 Å². The Bertz CT molecular complexity index is 511. The van der Waals surface area contributed by atoms with Crippen LogP contribution < -0.4 is 10.5 Å². The monoisotopic (exact) mass is 232 g/mol. The molecule has 0 aliphatic rings. The van der Waals surface area contributed by atoms with E-state index in [0.717, 1.165) is 5.69 Å². The summed E-state index contributed by atoms with van der Waals surface area (Å²) >= 11 is 0. The maximum atomic E-state index is 13.4. The van der Waals surface area contributed by atoms with Crippen molar-refractivity contribution in [3.05, 3.63) is 53.6 Å². The molecule has 0 bridgehead atoms. The third-order valence-electron chi connectivity index (χ3n) is 2.39. The van der Waals surface area contributed by atoms with E-state index in [-0.39, 0.29) is 12.4 Å². The predicted octanol–water partition coefficient (Wildman–Crippen LogP) is 2.78. The third kappa shape index (κ3) is 2.60. The summed E-state index contributed by atoms with van der Waals surface area (Å²) < 4.78 is 19.0. The highest BCUT2D eigenvalue weighted by Crippen LogP contribution is 2.26. The smallest absolute Gasteiger partial charge is 0.145 e. The normalized spacial score (nSPS) is 10.3. The van der Waals surface area contributed by atoms with Crippen LogP contribution in [0, 0.1) is 12.7 Å². The Morgan fingerprint density at radius 2 is 2.12 bits per heavy atom. The lowest BCUT2D eigenvalue weighted by Crippen LogP contribution is -2.02. The van der Waals surface area contributed by atoms with Gasteiger partial charge in [0.15, 0.2) is 0 Å². The average Bonchev–Trinajstić information content (AvgIpc) is 2.32. The molecule has 2 aromatic rings. The van der Waals surface area contributed by atoms with Crippen LogP contribution >= 0.6 is 0 Å². The van der Waals surface area contributed by atoms with Gasteiger partial charge in [0.25, 0.3) is 0 Å². The maximum absolute atomic E-state index is 13.4. The minimum absolute atomic E-state index is 0.0985. The molecule has 3 nitrogen and oxygen atoms in total. The van der Waals surface area contributed by atoms with E-state index in [1.807, 2.05) is 13.0 Å². The van der Waals surface area contributed by atoms with Gasteiger partial charge in [0, 0.05) is 17.8 Å². The Balaban J connectivity index is 2.29. The summed E-state index contributed by atoms with van der Waals surface area (Å²) in [5.74, 6) is 0.638. The van der Waals surface area contributed by atoms with Crippen molar-refractivity contribution in [1.29, 1.82) is 0 Å². The highest BCUT2D eigenvalue weighted by Gasteiger charge is 2.08. The second kappa shape index (κ2) is 4.93. The molecule has 0 atom stereocenters. The van der Waals surface area contributed by atoms with E-state index in [4.69, 9.17) is 10.5 Å². The number of pyridine rings is 1. The first-order chi connectivity index (χ1) is 8.20. The number of hydrogen-bond acceptors (Lipinski definition) is 3. The molecule has 0 unspecified atom stereocenters. The van der Waals surface area contributed by atoms with Crippen molar-refractivity contribution in [2.75, 3.05) is 0 Å². The molecule has 0 saturated heterocycles. The lowest BCUT2D eigenvalue weighted by molar-refractivity contribution is 0.465. The van der Waals surface area contributed by atoms with E-state index in [0.29, 0.717) is 17.1 Å². The lowest BCUT2D eigenvalue weighted by Gasteiger charge is -2.10. The second-order valence-electron chi connectivity index (χ2n) is 3.66. The molecule has 2 rings (SSSR count). The fourth-order valence-electron chi connectivity index (χ4n) is 1.47. The number of aryl methyl sites for hydroxylation is 1. The van der Waals surface area contributed by atoms with Crippen LogP contribution in [-0.4, -0.2) is 4.98 Å². The van der Waals surface area contributed by atoms with E-state index in [9.17, 15) is 4.39 Å².